The normalized spacial score (nSPS) is 16.0. The van der Waals surface area contributed by atoms with E-state index in [0.29, 0.717) is 24.9 Å². The summed E-state index contributed by atoms with van der Waals surface area (Å²) in [5.41, 5.74) is 2.04. The molecule has 1 atom stereocenters. The first-order valence-corrected chi connectivity index (χ1v) is 8.63. The van der Waals surface area contributed by atoms with Crippen LogP contribution in [0.15, 0.2) is 18.3 Å². The molecule has 6 nitrogen and oxygen atoms in total. The first kappa shape index (κ1) is 16.4. The van der Waals surface area contributed by atoms with Crippen molar-refractivity contribution < 1.29 is 4.79 Å². The number of hydrogen-bond donors (Lipinski definition) is 0. The van der Waals surface area contributed by atoms with Gasteiger partial charge in [-0.15, -0.1) is 0 Å². The number of fused-ring (bicyclic) bond motifs is 1. The van der Waals surface area contributed by atoms with E-state index in [1.165, 1.54) is 18.4 Å². The highest BCUT2D eigenvalue weighted by molar-refractivity contribution is 5.79. The summed E-state index contributed by atoms with van der Waals surface area (Å²) < 4.78 is 1.85. The summed E-state index contributed by atoms with van der Waals surface area (Å²) in [6.45, 7) is 5.73. The van der Waals surface area contributed by atoms with Gasteiger partial charge >= 0.3 is 0 Å². The van der Waals surface area contributed by atoms with Crippen LogP contribution in [0.1, 0.15) is 62.8 Å². The second kappa shape index (κ2) is 7.00. The average Bonchev–Trinajstić information content (AvgIpc) is 2.95. The quantitative estimate of drug-likeness (QED) is 0.818. The summed E-state index contributed by atoms with van der Waals surface area (Å²) in [5, 5.41) is 13.2. The van der Waals surface area contributed by atoms with Crippen molar-refractivity contribution >= 4 is 11.6 Å². The molecule has 24 heavy (non-hydrogen) atoms. The van der Waals surface area contributed by atoms with Gasteiger partial charge in [-0.3, -0.25) is 4.79 Å². The van der Waals surface area contributed by atoms with E-state index in [4.69, 9.17) is 5.26 Å². The number of unbranched alkanes of at least 4 members (excludes halogenated alkanes) is 1. The lowest BCUT2D eigenvalue weighted by molar-refractivity contribution is -0.134. The summed E-state index contributed by atoms with van der Waals surface area (Å²) in [5.74, 6) is 1.51. The lowest BCUT2D eigenvalue weighted by Crippen LogP contribution is -2.48. The molecule has 6 heteroatoms. The fourth-order valence-electron chi connectivity index (χ4n) is 3.08. The summed E-state index contributed by atoms with van der Waals surface area (Å²) in [4.78, 5) is 18.0. The van der Waals surface area contributed by atoms with Crippen molar-refractivity contribution in [3.05, 3.63) is 29.7 Å². The van der Waals surface area contributed by atoms with E-state index in [9.17, 15) is 4.79 Å². The van der Waals surface area contributed by atoms with Crippen LogP contribution < -0.4 is 0 Å². The summed E-state index contributed by atoms with van der Waals surface area (Å²) in [6.07, 6.45) is 5.48. The van der Waals surface area contributed by atoms with Crippen LogP contribution in [0.4, 0.5) is 0 Å². The number of nitrogens with zero attached hydrogens (tertiary/aromatic N) is 5. The van der Waals surface area contributed by atoms with E-state index >= 15 is 0 Å². The number of amides is 1. The molecule has 1 unspecified atom stereocenters. The van der Waals surface area contributed by atoms with Gasteiger partial charge in [-0.25, -0.2) is 9.50 Å². The van der Waals surface area contributed by atoms with Crippen LogP contribution in [0.25, 0.3) is 5.65 Å². The molecule has 1 saturated heterocycles. The van der Waals surface area contributed by atoms with E-state index in [1.807, 2.05) is 22.8 Å². The standard InChI is InChI=1S/C18H23N5O/c1-3-4-5-13(2)18-20-16-7-6-14(12-23(16)21-18)15-10-22(11-15)17(24)8-9-19/h6-7,12-13,15H,3-5,8,10-11H2,1-2H3. The van der Waals surface area contributed by atoms with Crippen molar-refractivity contribution in [3.63, 3.8) is 0 Å². The fraction of sp³-hybridized carbons (Fsp3) is 0.556. The maximum absolute atomic E-state index is 11.7. The minimum atomic E-state index is -0.0809. The predicted molar refractivity (Wildman–Crippen MR) is 90.5 cm³/mol. The van der Waals surface area contributed by atoms with Gasteiger partial charge in [0, 0.05) is 31.1 Å². The number of nitriles is 1. The van der Waals surface area contributed by atoms with Gasteiger partial charge in [-0.1, -0.05) is 32.8 Å². The Morgan fingerprint density at radius 3 is 2.96 bits per heavy atom. The second-order valence-corrected chi connectivity index (χ2v) is 6.61. The van der Waals surface area contributed by atoms with Crippen molar-refractivity contribution in [2.75, 3.05) is 13.1 Å². The molecule has 1 amide bonds. The molecular formula is C18H23N5O. The SMILES string of the molecule is CCCCC(C)c1nc2ccc(C3CN(C(=O)CC#N)C3)cn2n1. The minimum absolute atomic E-state index is 0.0339. The third kappa shape index (κ3) is 3.25. The van der Waals surface area contributed by atoms with Crippen molar-refractivity contribution in [3.8, 4) is 6.07 Å². The van der Waals surface area contributed by atoms with Gasteiger partial charge in [0.05, 0.1) is 6.07 Å². The Morgan fingerprint density at radius 2 is 2.25 bits per heavy atom. The third-order valence-electron chi connectivity index (χ3n) is 4.74. The van der Waals surface area contributed by atoms with Crippen molar-refractivity contribution in [1.82, 2.24) is 19.5 Å². The summed E-state index contributed by atoms with van der Waals surface area (Å²) >= 11 is 0. The van der Waals surface area contributed by atoms with Crippen LogP contribution in [0.3, 0.4) is 0 Å². The second-order valence-electron chi connectivity index (χ2n) is 6.61. The number of rotatable bonds is 6. The molecule has 3 rings (SSSR count). The van der Waals surface area contributed by atoms with Crippen LogP contribution in [-0.4, -0.2) is 38.5 Å². The monoisotopic (exact) mass is 325 g/mol. The number of hydrogen-bond acceptors (Lipinski definition) is 4. The van der Waals surface area contributed by atoms with Crippen molar-refractivity contribution in [2.45, 2.75) is 51.4 Å². The van der Waals surface area contributed by atoms with E-state index in [2.05, 4.69) is 30.0 Å². The molecule has 0 spiro atoms. The van der Waals surface area contributed by atoms with Gasteiger partial charge in [0.25, 0.3) is 0 Å². The smallest absolute Gasteiger partial charge is 0.236 e. The van der Waals surface area contributed by atoms with E-state index < -0.39 is 0 Å². The molecule has 2 aromatic rings. The van der Waals surface area contributed by atoms with Crippen LogP contribution >= 0.6 is 0 Å². The highest BCUT2D eigenvalue weighted by atomic mass is 16.2. The maximum atomic E-state index is 11.7. The van der Waals surface area contributed by atoms with E-state index in [-0.39, 0.29) is 12.3 Å². The summed E-state index contributed by atoms with van der Waals surface area (Å²) in [6, 6.07) is 5.98. The molecule has 0 radical (unpaired) electrons. The van der Waals surface area contributed by atoms with Gasteiger partial charge in [-0.05, 0) is 18.1 Å². The Balaban J connectivity index is 1.69. The average molecular weight is 325 g/mol. The zero-order valence-corrected chi connectivity index (χ0v) is 14.3. The Kier molecular flexibility index (Phi) is 4.79. The molecule has 0 saturated carbocycles. The number of aromatic nitrogens is 3. The van der Waals surface area contributed by atoms with Crippen LogP contribution in [0.5, 0.6) is 0 Å². The van der Waals surface area contributed by atoms with Gasteiger partial charge in [0.1, 0.15) is 6.42 Å². The van der Waals surface area contributed by atoms with Gasteiger partial charge in [0.15, 0.2) is 11.5 Å². The zero-order chi connectivity index (χ0) is 17.1. The van der Waals surface area contributed by atoms with Crippen molar-refractivity contribution in [2.24, 2.45) is 0 Å². The van der Waals surface area contributed by atoms with Gasteiger partial charge in [0.2, 0.25) is 5.91 Å². The first-order chi connectivity index (χ1) is 11.6. The first-order valence-electron chi connectivity index (χ1n) is 8.63. The highest BCUT2D eigenvalue weighted by Gasteiger charge is 2.31. The molecule has 1 aliphatic rings. The molecule has 2 aromatic heterocycles. The molecule has 3 heterocycles. The zero-order valence-electron chi connectivity index (χ0n) is 14.3. The van der Waals surface area contributed by atoms with Crippen LogP contribution in [0, 0.1) is 11.3 Å². The largest absolute Gasteiger partial charge is 0.340 e. The lowest BCUT2D eigenvalue weighted by atomic mass is 9.92. The Hall–Kier alpha value is -2.42. The number of likely N-dealkylation sites (tertiary alicyclic amines) is 1. The molecule has 0 N–H and O–H groups in total. The predicted octanol–water partition coefficient (Wildman–Crippen LogP) is 2.86. The molecule has 126 valence electrons. The number of pyridine rings is 1. The molecule has 1 fully saturated rings. The highest BCUT2D eigenvalue weighted by Crippen LogP contribution is 2.28. The van der Waals surface area contributed by atoms with E-state index in [0.717, 1.165) is 17.9 Å². The number of carbonyl (C=O) groups is 1. The van der Waals surface area contributed by atoms with E-state index in [1.54, 1.807) is 4.90 Å². The fourth-order valence-corrected chi connectivity index (χ4v) is 3.08. The Morgan fingerprint density at radius 1 is 1.46 bits per heavy atom. The Labute approximate surface area is 142 Å². The molecule has 0 bridgehead atoms. The summed E-state index contributed by atoms with van der Waals surface area (Å²) in [7, 11) is 0. The Bertz CT molecular complexity index is 769. The molecular weight excluding hydrogens is 302 g/mol. The topological polar surface area (TPSA) is 74.3 Å². The van der Waals surface area contributed by atoms with Gasteiger partial charge < -0.3 is 4.90 Å². The van der Waals surface area contributed by atoms with Gasteiger partial charge in [-0.2, -0.15) is 10.4 Å². The minimum Gasteiger partial charge on any atom is -0.340 e. The molecule has 1 aliphatic heterocycles. The van der Waals surface area contributed by atoms with Crippen LogP contribution in [0.2, 0.25) is 0 Å². The third-order valence-corrected chi connectivity index (χ3v) is 4.74. The molecule has 0 aliphatic carbocycles. The van der Waals surface area contributed by atoms with Crippen molar-refractivity contribution in [1.29, 1.82) is 5.26 Å². The lowest BCUT2D eigenvalue weighted by Gasteiger charge is -2.39. The number of carbonyl (C=O) groups excluding carboxylic acids is 1. The molecule has 0 aromatic carbocycles. The maximum Gasteiger partial charge on any atom is 0.236 e. The van der Waals surface area contributed by atoms with Crippen LogP contribution in [-0.2, 0) is 4.79 Å².